The number of nitrogens with two attached hydrogens (primary N) is 1. The molecular formula is C12H17N3O3S. The Hall–Kier alpha value is -1.44. The molecule has 3 N–H and O–H groups in total. The summed E-state index contributed by atoms with van der Waals surface area (Å²) >= 11 is 0. The minimum Gasteiger partial charge on any atom is -0.354 e. The molecule has 1 saturated heterocycles. The lowest BCUT2D eigenvalue weighted by atomic mass is 10.2. The Kier molecular flexibility index (Phi) is 4.18. The van der Waals surface area contributed by atoms with E-state index in [1.54, 1.807) is 24.3 Å². The smallest absolute Gasteiger partial charge is 0.243 e. The largest absolute Gasteiger partial charge is 0.354 e. The number of nitrogens with zero attached hydrogens (tertiary/aromatic N) is 1. The van der Waals surface area contributed by atoms with Crippen molar-refractivity contribution in [2.45, 2.75) is 11.3 Å². The van der Waals surface area contributed by atoms with Crippen LogP contribution in [0.15, 0.2) is 29.2 Å². The molecule has 1 heterocycles. The zero-order chi connectivity index (χ0) is 13.9. The topological polar surface area (TPSA) is 92.5 Å². The maximum atomic E-state index is 12.3. The molecule has 1 amide bonds. The average Bonchev–Trinajstić information content (AvgIpc) is 2.40. The summed E-state index contributed by atoms with van der Waals surface area (Å²) in [5.41, 5.74) is 6.44. The lowest BCUT2D eigenvalue weighted by molar-refractivity contribution is -0.122. The van der Waals surface area contributed by atoms with Crippen LogP contribution in [0.3, 0.4) is 0 Å². The number of rotatable bonds is 4. The van der Waals surface area contributed by atoms with Gasteiger partial charge in [0.1, 0.15) is 0 Å². The Labute approximate surface area is 112 Å². The van der Waals surface area contributed by atoms with Gasteiger partial charge in [0.25, 0.3) is 0 Å². The number of benzene rings is 1. The molecule has 0 spiro atoms. The van der Waals surface area contributed by atoms with Crippen molar-refractivity contribution < 1.29 is 13.2 Å². The number of carbonyl (C=O) groups excluding carboxylic acids is 1. The highest BCUT2D eigenvalue weighted by Crippen LogP contribution is 2.17. The molecule has 0 aliphatic carbocycles. The van der Waals surface area contributed by atoms with Crippen LogP contribution in [-0.2, 0) is 21.2 Å². The molecule has 7 heteroatoms. The predicted molar refractivity (Wildman–Crippen MR) is 71.0 cm³/mol. The molecule has 0 radical (unpaired) electrons. The summed E-state index contributed by atoms with van der Waals surface area (Å²) in [7, 11) is -3.59. The van der Waals surface area contributed by atoms with Crippen molar-refractivity contribution in [3.63, 3.8) is 0 Å². The van der Waals surface area contributed by atoms with Crippen LogP contribution in [0, 0.1) is 0 Å². The first-order valence-corrected chi connectivity index (χ1v) is 7.54. The Morgan fingerprint density at radius 1 is 1.26 bits per heavy atom. The van der Waals surface area contributed by atoms with Gasteiger partial charge in [-0.25, -0.2) is 8.42 Å². The minimum atomic E-state index is -3.59. The summed E-state index contributed by atoms with van der Waals surface area (Å²) < 4.78 is 25.8. The third kappa shape index (κ3) is 3.12. The van der Waals surface area contributed by atoms with Crippen LogP contribution in [0.2, 0.25) is 0 Å². The monoisotopic (exact) mass is 283 g/mol. The van der Waals surface area contributed by atoms with Gasteiger partial charge in [0.15, 0.2) is 0 Å². The average molecular weight is 283 g/mol. The summed E-state index contributed by atoms with van der Waals surface area (Å²) in [5, 5.41) is 2.60. The molecule has 0 unspecified atom stereocenters. The fraction of sp³-hybridized carbons (Fsp3) is 0.417. The third-order valence-corrected chi connectivity index (χ3v) is 4.86. The van der Waals surface area contributed by atoms with Gasteiger partial charge in [0.2, 0.25) is 15.9 Å². The van der Waals surface area contributed by atoms with E-state index in [-0.39, 0.29) is 17.3 Å². The molecule has 104 valence electrons. The maximum Gasteiger partial charge on any atom is 0.243 e. The Morgan fingerprint density at radius 3 is 2.53 bits per heavy atom. The van der Waals surface area contributed by atoms with Crippen LogP contribution in [0.1, 0.15) is 5.56 Å². The molecule has 0 saturated carbocycles. The van der Waals surface area contributed by atoms with E-state index in [1.165, 1.54) is 4.31 Å². The molecule has 0 bridgehead atoms. The van der Waals surface area contributed by atoms with Gasteiger partial charge in [0.05, 0.1) is 11.4 Å². The van der Waals surface area contributed by atoms with E-state index in [0.717, 1.165) is 5.56 Å². The van der Waals surface area contributed by atoms with Crippen molar-refractivity contribution >= 4 is 15.9 Å². The van der Waals surface area contributed by atoms with Crippen molar-refractivity contribution in [2.75, 3.05) is 26.2 Å². The fourth-order valence-corrected chi connectivity index (χ4v) is 3.36. The van der Waals surface area contributed by atoms with Crippen LogP contribution in [0.5, 0.6) is 0 Å². The summed E-state index contributed by atoms with van der Waals surface area (Å²) in [6.07, 6.45) is 0.715. The van der Waals surface area contributed by atoms with Gasteiger partial charge >= 0.3 is 0 Å². The quantitative estimate of drug-likeness (QED) is 0.765. The second-order valence-electron chi connectivity index (χ2n) is 4.37. The highest BCUT2D eigenvalue weighted by Gasteiger charge is 2.28. The zero-order valence-electron chi connectivity index (χ0n) is 10.5. The summed E-state index contributed by atoms with van der Waals surface area (Å²) in [5.74, 6) is -0.269. The minimum absolute atomic E-state index is 0.118. The Bertz CT molecular complexity index is 554. The summed E-state index contributed by atoms with van der Waals surface area (Å²) in [4.78, 5) is 11.5. The van der Waals surface area contributed by atoms with Crippen molar-refractivity contribution in [3.8, 4) is 0 Å². The molecule has 0 atom stereocenters. The van der Waals surface area contributed by atoms with Crippen molar-refractivity contribution in [1.82, 2.24) is 9.62 Å². The van der Waals surface area contributed by atoms with Gasteiger partial charge in [-0.2, -0.15) is 4.31 Å². The van der Waals surface area contributed by atoms with Gasteiger partial charge in [-0.15, -0.1) is 0 Å². The van der Waals surface area contributed by atoms with E-state index in [9.17, 15) is 13.2 Å². The zero-order valence-corrected chi connectivity index (χ0v) is 11.3. The second kappa shape index (κ2) is 5.68. The van der Waals surface area contributed by atoms with Crippen molar-refractivity contribution in [2.24, 2.45) is 5.73 Å². The Morgan fingerprint density at radius 2 is 1.95 bits per heavy atom. The van der Waals surface area contributed by atoms with Crippen LogP contribution >= 0.6 is 0 Å². The first kappa shape index (κ1) is 14.0. The number of sulfonamides is 1. The van der Waals surface area contributed by atoms with Crippen LogP contribution in [-0.4, -0.2) is 44.8 Å². The lowest BCUT2D eigenvalue weighted by Crippen LogP contribution is -2.49. The molecule has 19 heavy (non-hydrogen) atoms. The number of hydrogen-bond acceptors (Lipinski definition) is 4. The van der Waals surface area contributed by atoms with E-state index in [2.05, 4.69) is 5.32 Å². The van der Waals surface area contributed by atoms with E-state index in [4.69, 9.17) is 5.73 Å². The summed E-state index contributed by atoms with van der Waals surface area (Å²) in [6, 6.07) is 6.63. The maximum absolute atomic E-state index is 12.3. The molecule has 1 fully saturated rings. The predicted octanol–water partition coefficient (Wildman–Crippen LogP) is -0.692. The standard InChI is InChI=1S/C12H17N3O3S/c13-6-5-10-1-3-11(4-2-10)19(17,18)15-8-7-14-12(16)9-15/h1-4H,5-9,13H2,(H,14,16). The van der Waals surface area contributed by atoms with Crippen molar-refractivity contribution in [1.29, 1.82) is 0 Å². The van der Waals surface area contributed by atoms with Crippen LogP contribution in [0.25, 0.3) is 0 Å². The van der Waals surface area contributed by atoms with Gasteiger partial charge < -0.3 is 11.1 Å². The third-order valence-electron chi connectivity index (χ3n) is 3.00. The van der Waals surface area contributed by atoms with E-state index in [0.29, 0.717) is 26.1 Å². The Balaban J connectivity index is 2.21. The lowest BCUT2D eigenvalue weighted by Gasteiger charge is -2.25. The number of nitrogens with one attached hydrogen (secondary N) is 1. The van der Waals surface area contributed by atoms with Crippen molar-refractivity contribution in [3.05, 3.63) is 29.8 Å². The van der Waals surface area contributed by atoms with E-state index < -0.39 is 10.0 Å². The SMILES string of the molecule is NCCc1ccc(S(=O)(=O)N2CCNC(=O)C2)cc1. The van der Waals surface area contributed by atoms with Crippen LogP contribution in [0.4, 0.5) is 0 Å². The molecule has 1 aromatic carbocycles. The summed E-state index contributed by atoms with van der Waals surface area (Å²) in [6.45, 7) is 1.06. The van der Waals surface area contributed by atoms with Gasteiger partial charge in [-0.1, -0.05) is 12.1 Å². The highest BCUT2D eigenvalue weighted by molar-refractivity contribution is 7.89. The number of amides is 1. The fourth-order valence-electron chi connectivity index (χ4n) is 1.96. The van der Waals surface area contributed by atoms with E-state index >= 15 is 0 Å². The number of carbonyl (C=O) groups is 1. The number of hydrogen-bond donors (Lipinski definition) is 2. The molecule has 1 aromatic rings. The highest BCUT2D eigenvalue weighted by atomic mass is 32.2. The molecule has 6 nitrogen and oxygen atoms in total. The van der Waals surface area contributed by atoms with Crippen LogP contribution < -0.4 is 11.1 Å². The normalized spacial score (nSPS) is 17.2. The number of piperazine rings is 1. The van der Waals surface area contributed by atoms with Gasteiger partial charge in [0, 0.05) is 13.1 Å². The molecule has 1 aliphatic heterocycles. The van der Waals surface area contributed by atoms with E-state index in [1.807, 2.05) is 0 Å². The molecular weight excluding hydrogens is 266 g/mol. The molecule has 1 aliphatic rings. The first-order valence-electron chi connectivity index (χ1n) is 6.10. The van der Waals surface area contributed by atoms with Gasteiger partial charge in [-0.3, -0.25) is 4.79 Å². The second-order valence-corrected chi connectivity index (χ2v) is 6.31. The first-order chi connectivity index (χ1) is 9.04. The molecule has 0 aromatic heterocycles. The van der Waals surface area contributed by atoms with Gasteiger partial charge in [-0.05, 0) is 30.7 Å². The molecule has 2 rings (SSSR count).